The Labute approximate surface area is 197 Å². The van der Waals surface area contributed by atoms with Crippen molar-refractivity contribution in [3.05, 3.63) is 42.5 Å². The molecule has 34 heavy (non-hydrogen) atoms. The van der Waals surface area contributed by atoms with Gasteiger partial charge in [0.15, 0.2) is 5.82 Å². The van der Waals surface area contributed by atoms with E-state index in [1.54, 1.807) is 12.1 Å². The first-order valence-electron chi connectivity index (χ1n) is 11.6. The highest BCUT2D eigenvalue weighted by Crippen LogP contribution is 2.37. The number of sulfonamides is 1. The van der Waals surface area contributed by atoms with E-state index in [4.69, 9.17) is 10.5 Å². The monoisotopic (exact) mass is 481 g/mol. The zero-order valence-corrected chi connectivity index (χ0v) is 19.6. The standard InChI is InChI=1S/C24H27N5O4S/c25-23-20-13-17(3-8-21(20)26-27-23)16-1-6-19(7-2-16)34(31,32)28-11-9-24(10-12-28)15-29(18-4-5-18)22(30)14-33-24/h1-3,6-8,13,18H,4-5,9-12,14-15H2,(H3,25,26,27). The molecule has 3 aliphatic rings. The number of piperidine rings is 1. The Hall–Kier alpha value is -2.95. The number of nitrogen functional groups attached to an aromatic ring is 1. The van der Waals surface area contributed by atoms with E-state index in [0.717, 1.165) is 34.9 Å². The first-order chi connectivity index (χ1) is 16.3. The summed E-state index contributed by atoms with van der Waals surface area (Å²) in [6, 6.07) is 13.1. The number of amides is 1. The van der Waals surface area contributed by atoms with Gasteiger partial charge in [0.1, 0.15) is 6.61 Å². The number of fused-ring (bicyclic) bond motifs is 1. The molecule has 1 aliphatic carbocycles. The first-order valence-corrected chi connectivity index (χ1v) is 13.1. The molecular weight excluding hydrogens is 454 g/mol. The Balaban J connectivity index is 1.17. The number of rotatable bonds is 4. The summed E-state index contributed by atoms with van der Waals surface area (Å²) in [6.07, 6.45) is 3.29. The minimum absolute atomic E-state index is 0.0536. The van der Waals surface area contributed by atoms with Crippen molar-refractivity contribution in [2.45, 2.75) is 42.2 Å². The number of hydrogen-bond acceptors (Lipinski definition) is 6. The number of aromatic amines is 1. The van der Waals surface area contributed by atoms with Gasteiger partial charge in [-0.15, -0.1) is 0 Å². The number of carbonyl (C=O) groups is 1. The minimum atomic E-state index is -3.61. The van der Waals surface area contributed by atoms with Crippen LogP contribution in [0.15, 0.2) is 47.4 Å². The average Bonchev–Trinajstić information content (AvgIpc) is 3.64. The molecule has 3 N–H and O–H groups in total. The highest BCUT2D eigenvalue weighted by molar-refractivity contribution is 7.89. The molecule has 1 amide bonds. The molecule has 9 nitrogen and oxygen atoms in total. The number of hydrogen-bond donors (Lipinski definition) is 2. The second-order valence-corrected chi connectivity index (χ2v) is 11.5. The van der Waals surface area contributed by atoms with Gasteiger partial charge in [-0.1, -0.05) is 18.2 Å². The molecular formula is C24H27N5O4S. The third-order valence-electron chi connectivity index (χ3n) is 7.32. The number of nitrogens with two attached hydrogens (primary N) is 1. The second-order valence-electron chi connectivity index (χ2n) is 9.52. The molecule has 178 valence electrons. The van der Waals surface area contributed by atoms with Crippen LogP contribution >= 0.6 is 0 Å². The van der Waals surface area contributed by atoms with Crippen LogP contribution in [-0.2, 0) is 19.6 Å². The molecule has 0 unspecified atom stereocenters. The lowest BCUT2D eigenvalue weighted by molar-refractivity contribution is -0.170. The number of morpholine rings is 1. The predicted octanol–water partition coefficient (Wildman–Crippen LogP) is 2.36. The van der Waals surface area contributed by atoms with Crippen LogP contribution in [0.2, 0.25) is 0 Å². The fraction of sp³-hybridized carbons (Fsp3) is 0.417. The summed E-state index contributed by atoms with van der Waals surface area (Å²) in [6.45, 7) is 1.44. The second kappa shape index (κ2) is 7.79. The van der Waals surface area contributed by atoms with E-state index in [-0.39, 0.29) is 17.4 Å². The molecule has 2 aromatic carbocycles. The summed E-state index contributed by atoms with van der Waals surface area (Å²) in [7, 11) is -3.61. The first kappa shape index (κ1) is 21.6. The van der Waals surface area contributed by atoms with E-state index in [0.29, 0.717) is 44.3 Å². The number of aromatic nitrogens is 2. The van der Waals surface area contributed by atoms with Crippen molar-refractivity contribution in [3.8, 4) is 11.1 Å². The quantitative estimate of drug-likeness (QED) is 0.590. The van der Waals surface area contributed by atoms with E-state index in [2.05, 4.69) is 10.2 Å². The van der Waals surface area contributed by atoms with E-state index >= 15 is 0 Å². The molecule has 2 saturated heterocycles. The van der Waals surface area contributed by atoms with Crippen LogP contribution in [0, 0.1) is 0 Å². The van der Waals surface area contributed by atoms with Crippen LogP contribution in [-0.4, -0.2) is 71.6 Å². The lowest BCUT2D eigenvalue weighted by Crippen LogP contribution is -2.59. The van der Waals surface area contributed by atoms with Gasteiger partial charge in [0.2, 0.25) is 15.9 Å². The summed E-state index contributed by atoms with van der Waals surface area (Å²) < 4.78 is 34.1. The largest absolute Gasteiger partial charge is 0.382 e. The van der Waals surface area contributed by atoms with E-state index in [1.807, 2.05) is 35.2 Å². The predicted molar refractivity (Wildman–Crippen MR) is 127 cm³/mol. The van der Waals surface area contributed by atoms with Crippen molar-refractivity contribution in [3.63, 3.8) is 0 Å². The van der Waals surface area contributed by atoms with Crippen LogP contribution in [0.25, 0.3) is 22.0 Å². The average molecular weight is 482 g/mol. The van der Waals surface area contributed by atoms with Gasteiger partial charge in [0, 0.05) is 24.5 Å². The Kier molecular flexibility index (Phi) is 4.94. The van der Waals surface area contributed by atoms with Crippen molar-refractivity contribution in [1.29, 1.82) is 0 Å². The zero-order chi connectivity index (χ0) is 23.5. The normalized spacial score (nSPS) is 21.4. The fourth-order valence-electron chi connectivity index (χ4n) is 5.08. The zero-order valence-electron chi connectivity index (χ0n) is 18.7. The van der Waals surface area contributed by atoms with E-state index < -0.39 is 15.6 Å². The number of H-pyrrole nitrogens is 1. The molecule has 0 atom stereocenters. The number of benzene rings is 2. The van der Waals surface area contributed by atoms with Gasteiger partial charge in [-0.25, -0.2) is 8.42 Å². The van der Waals surface area contributed by atoms with Crippen LogP contribution in [0.5, 0.6) is 0 Å². The maximum atomic E-state index is 13.3. The summed E-state index contributed by atoms with van der Waals surface area (Å²) in [5.74, 6) is 0.489. The number of ether oxygens (including phenoxy) is 1. The summed E-state index contributed by atoms with van der Waals surface area (Å²) in [5.41, 5.74) is 8.18. The molecule has 1 aromatic heterocycles. The third kappa shape index (κ3) is 3.66. The van der Waals surface area contributed by atoms with Gasteiger partial charge < -0.3 is 15.4 Å². The van der Waals surface area contributed by atoms with Crippen molar-refractivity contribution in [2.24, 2.45) is 0 Å². The van der Waals surface area contributed by atoms with Crippen LogP contribution in [0.1, 0.15) is 25.7 Å². The van der Waals surface area contributed by atoms with Gasteiger partial charge in [0.05, 0.1) is 22.6 Å². The molecule has 3 fully saturated rings. The van der Waals surface area contributed by atoms with Crippen molar-refractivity contribution < 1.29 is 17.9 Å². The Morgan fingerprint density at radius 1 is 1.06 bits per heavy atom. The van der Waals surface area contributed by atoms with E-state index in [9.17, 15) is 13.2 Å². The lowest BCUT2D eigenvalue weighted by atomic mass is 9.90. The summed E-state index contributed by atoms with van der Waals surface area (Å²) >= 11 is 0. The number of nitrogens with zero attached hydrogens (tertiary/aromatic N) is 3. The van der Waals surface area contributed by atoms with Crippen LogP contribution in [0.3, 0.4) is 0 Å². The van der Waals surface area contributed by atoms with Gasteiger partial charge in [-0.2, -0.15) is 9.40 Å². The molecule has 1 saturated carbocycles. The molecule has 3 heterocycles. The Morgan fingerprint density at radius 3 is 2.47 bits per heavy atom. The number of carbonyl (C=O) groups excluding carboxylic acids is 1. The number of anilines is 1. The number of nitrogens with one attached hydrogen (secondary N) is 1. The molecule has 6 rings (SSSR count). The highest BCUT2D eigenvalue weighted by atomic mass is 32.2. The molecule has 2 aliphatic heterocycles. The maximum Gasteiger partial charge on any atom is 0.248 e. The highest BCUT2D eigenvalue weighted by Gasteiger charge is 2.47. The van der Waals surface area contributed by atoms with Crippen LogP contribution in [0.4, 0.5) is 5.82 Å². The Morgan fingerprint density at radius 2 is 1.76 bits per heavy atom. The van der Waals surface area contributed by atoms with Crippen molar-refractivity contribution in [2.75, 3.05) is 32.0 Å². The van der Waals surface area contributed by atoms with Crippen LogP contribution < -0.4 is 5.73 Å². The molecule has 1 spiro atoms. The molecule has 0 radical (unpaired) electrons. The van der Waals surface area contributed by atoms with Gasteiger partial charge in [-0.3, -0.25) is 9.89 Å². The molecule has 3 aromatic rings. The molecule has 10 heteroatoms. The SMILES string of the molecule is Nc1n[nH]c2ccc(-c3ccc(S(=O)(=O)N4CCC5(CC4)CN(C4CC4)C(=O)CO5)cc3)cc12. The maximum absolute atomic E-state index is 13.3. The smallest absolute Gasteiger partial charge is 0.248 e. The lowest BCUT2D eigenvalue weighted by Gasteiger charge is -2.46. The fourth-order valence-corrected chi connectivity index (χ4v) is 6.52. The van der Waals surface area contributed by atoms with Gasteiger partial charge >= 0.3 is 0 Å². The summed E-state index contributed by atoms with van der Waals surface area (Å²) in [4.78, 5) is 14.4. The van der Waals surface area contributed by atoms with E-state index in [1.165, 1.54) is 4.31 Å². The topological polar surface area (TPSA) is 122 Å². The molecule has 0 bridgehead atoms. The summed E-state index contributed by atoms with van der Waals surface area (Å²) in [5, 5.41) is 7.73. The van der Waals surface area contributed by atoms with Gasteiger partial charge in [-0.05, 0) is 61.1 Å². The van der Waals surface area contributed by atoms with Crippen molar-refractivity contribution >= 4 is 32.7 Å². The third-order valence-corrected chi connectivity index (χ3v) is 9.23. The Bertz CT molecular complexity index is 1360. The van der Waals surface area contributed by atoms with Gasteiger partial charge in [0.25, 0.3) is 0 Å². The van der Waals surface area contributed by atoms with Crippen molar-refractivity contribution in [1.82, 2.24) is 19.4 Å². The minimum Gasteiger partial charge on any atom is -0.382 e.